The molecule has 18 heavy (non-hydrogen) atoms. The summed E-state index contributed by atoms with van der Waals surface area (Å²) in [6, 6.07) is 7.92. The lowest BCUT2D eigenvalue weighted by molar-refractivity contribution is 0.0692. The van der Waals surface area contributed by atoms with E-state index >= 15 is 0 Å². The number of carbonyl (C=O) groups is 1. The number of hydrogen-bond donors (Lipinski definition) is 1. The van der Waals surface area contributed by atoms with Crippen molar-refractivity contribution in [2.75, 3.05) is 19.6 Å². The molecule has 0 unspecified atom stereocenters. The molecule has 1 amide bonds. The Morgan fingerprint density at radius 2 is 2.00 bits per heavy atom. The molecule has 3 nitrogen and oxygen atoms in total. The van der Waals surface area contributed by atoms with Gasteiger partial charge in [0, 0.05) is 18.7 Å². The Hall–Kier alpha value is -1.35. The van der Waals surface area contributed by atoms with Crippen LogP contribution in [0.5, 0.6) is 0 Å². The highest BCUT2D eigenvalue weighted by atomic mass is 16.2. The van der Waals surface area contributed by atoms with E-state index in [0.717, 1.165) is 50.0 Å². The molecule has 1 fully saturated rings. The van der Waals surface area contributed by atoms with E-state index in [0.29, 0.717) is 5.92 Å². The first kappa shape index (κ1) is 13.1. The first-order valence-electron chi connectivity index (χ1n) is 6.83. The molecule has 0 aromatic heterocycles. The zero-order valence-electron chi connectivity index (χ0n) is 11.1. The highest BCUT2D eigenvalue weighted by Gasteiger charge is 2.23. The number of likely N-dealkylation sites (tertiary alicyclic amines) is 1. The van der Waals surface area contributed by atoms with Gasteiger partial charge in [-0.15, -0.1) is 0 Å². The molecule has 1 aromatic carbocycles. The largest absolute Gasteiger partial charge is 0.339 e. The average molecular weight is 246 g/mol. The summed E-state index contributed by atoms with van der Waals surface area (Å²) in [6.45, 7) is 4.53. The van der Waals surface area contributed by atoms with Crippen molar-refractivity contribution in [1.29, 1.82) is 0 Å². The van der Waals surface area contributed by atoms with Gasteiger partial charge >= 0.3 is 0 Å². The zero-order chi connectivity index (χ0) is 13.0. The smallest absolute Gasteiger partial charge is 0.254 e. The van der Waals surface area contributed by atoms with E-state index in [1.165, 1.54) is 0 Å². The van der Waals surface area contributed by atoms with Crippen molar-refractivity contribution in [2.45, 2.75) is 26.2 Å². The second kappa shape index (κ2) is 6.01. The van der Waals surface area contributed by atoms with Crippen LogP contribution in [0, 0.1) is 5.92 Å². The Labute approximate surface area is 109 Å². The molecule has 0 radical (unpaired) electrons. The lowest BCUT2D eigenvalue weighted by Gasteiger charge is -2.31. The molecule has 1 aliphatic heterocycles. The summed E-state index contributed by atoms with van der Waals surface area (Å²) in [5.41, 5.74) is 7.69. The van der Waals surface area contributed by atoms with Crippen molar-refractivity contribution >= 4 is 5.91 Å². The Kier molecular flexibility index (Phi) is 4.37. The summed E-state index contributed by atoms with van der Waals surface area (Å²) in [5, 5.41) is 0. The summed E-state index contributed by atoms with van der Waals surface area (Å²) < 4.78 is 0. The second-order valence-corrected chi connectivity index (χ2v) is 4.98. The van der Waals surface area contributed by atoms with E-state index in [9.17, 15) is 4.79 Å². The molecule has 2 rings (SSSR count). The third kappa shape index (κ3) is 2.72. The number of nitrogens with zero attached hydrogens (tertiary/aromatic N) is 1. The van der Waals surface area contributed by atoms with Crippen LogP contribution in [0.1, 0.15) is 35.7 Å². The van der Waals surface area contributed by atoms with Crippen molar-refractivity contribution < 1.29 is 4.79 Å². The third-order valence-electron chi connectivity index (χ3n) is 3.86. The molecule has 0 spiro atoms. The Bertz CT molecular complexity index is 409. The van der Waals surface area contributed by atoms with Gasteiger partial charge in [-0.05, 0) is 43.4 Å². The van der Waals surface area contributed by atoms with Crippen LogP contribution in [-0.2, 0) is 6.42 Å². The Morgan fingerprint density at radius 3 is 2.61 bits per heavy atom. The van der Waals surface area contributed by atoms with Crippen molar-refractivity contribution in [2.24, 2.45) is 11.7 Å². The Balaban J connectivity index is 2.08. The maximum atomic E-state index is 12.5. The fourth-order valence-electron chi connectivity index (χ4n) is 2.58. The summed E-state index contributed by atoms with van der Waals surface area (Å²) in [5.74, 6) is 0.776. The van der Waals surface area contributed by atoms with Crippen LogP contribution >= 0.6 is 0 Å². The SMILES string of the molecule is CCc1ccccc1C(=O)N1CCC(CN)CC1. The van der Waals surface area contributed by atoms with Crippen LogP contribution < -0.4 is 5.73 Å². The van der Waals surface area contributed by atoms with Gasteiger partial charge < -0.3 is 10.6 Å². The molecule has 1 aliphatic rings. The lowest BCUT2D eigenvalue weighted by atomic mass is 9.96. The summed E-state index contributed by atoms with van der Waals surface area (Å²) in [6.07, 6.45) is 2.98. The molecule has 0 aliphatic carbocycles. The van der Waals surface area contributed by atoms with Gasteiger partial charge in [-0.1, -0.05) is 25.1 Å². The number of amides is 1. The molecular weight excluding hydrogens is 224 g/mol. The van der Waals surface area contributed by atoms with Crippen LogP contribution in [-0.4, -0.2) is 30.4 Å². The fraction of sp³-hybridized carbons (Fsp3) is 0.533. The molecule has 98 valence electrons. The van der Waals surface area contributed by atoms with Crippen molar-refractivity contribution in [3.63, 3.8) is 0 Å². The predicted octanol–water partition coefficient (Wildman–Crippen LogP) is 2.06. The molecule has 1 heterocycles. The molecule has 0 atom stereocenters. The monoisotopic (exact) mass is 246 g/mol. The quantitative estimate of drug-likeness (QED) is 0.887. The number of hydrogen-bond acceptors (Lipinski definition) is 2. The lowest BCUT2D eigenvalue weighted by Crippen LogP contribution is -2.40. The zero-order valence-corrected chi connectivity index (χ0v) is 11.1. The van der Waals surface area contributed by atoms with Gasteiger partial charge in [-0.2, -0.15) is 0 Å². The van der Waals surface area contributed by atoms with Gasteiger partial charge in [0.15, 0.2) is 0 Å². The van der Waals surface area contributed by atoms with Crippen LogP contribution in [0.25, 0.3) is 0 Å². The number of carbonyl (C=O) groups excluding carboxylic acids is 1. The fourth-order valence-corrected chi connectivity index (χ4v) is 2.58. The van der Waals surface area contributed by atoms with E-state index in [4.69, 9.17) is 5.73 Å². The number of benzene rings is 1. The van der Waals surface area contributed by atoms with Gasteiger partial charge in [0.1, 0.15) is 0 Å². The van der Waals surface area contributed by atoms with Gasteiger partial charge in [-0.3, -0.25) is 4.79 Å². The van der Waals surface area contributed by atoms with Crippen molar-refractivity contribution in [1.82, 2.24) is 4.90 Å². The molecule has 0 bridgehead atoms. The minimum absolute atomic E-state index is 0.183. The van der Waals surface area contributed by atoms with Gasteiger partial charge in [0.25, 0.3) is 5.91 Å². The van der Waals surface area contributed by atoms with E-state index < -0.39 is 0 Å². The minimum Gasteiger partial charge on any atom is -0.339 e. The molecule has 2 N–H and O–H groups in total. The summed E-state index contributed by atoms with van der Waals surface area (Å²) in [7, 11) is 0. The summed E-state index contributed by atoms with van der Waals surface area (Å²) in [4.78, 5) is 14.4. The molecule has 3 heteroatoms. The number of rotatable bonds is 3. The summed E-state index contributed by atoms with van der Waals surface area (Å²) >= 11 is 0. The molecule has 1 aromatic rings. The van der Waals surface area contributed by atoms with Crippen molar-refractivity contribution in [3.05, 3.63) is 35.4 Å². The first-order chi connectivity index (χ1) is 8.76. The predicted molar refractivity (Wildman–Crippen MR) is 73.5 cm³/mol. The normalized spacial score (nSPS) is 16.9. The van der Waals surface area contributed by atoms with Crippen LogP contribution in [0.15, 0.2) is 24.3 Å². The van der Waals surface area contributed by atoms with Crippen LogP contribution in [0.2, 0.25) is 0 Å². The Morgan fingerprint density at radius 1 is 1.33 bits per heavy atom. The van der Waals surface area contributed by atoms with E-state index in [-0.39, 0.29) is 5.91 Å². The number of piperidine rings is 1. The van der Waals surface area contributed by atoms with Gasteiger partial charge in [0.05, 0.1) is 0 Å². The first-order valence-corrected chi connectivity index (χ1v) is 6.83. The molecule has 0 saturated carbocycles. The topological polar surface area (TPSA) is 46.3 Å². The van der Waals surface area contributed by atoms with Crippen LogP contribution in [0.3, 0.4) is 0 Å². The molecule has 1 saturated heterocycles. The minimum atomic E-state index is 0.183. The standard InChI is InChI=1S/C15H22N2O/c1-2-13-5-3-4-6-14(13)15(18)17-9-7-12(11-16)8-10-17/h3-6,12H,2,7-11,16H2,1H3. The van der Waals surface area contributed by atoms with Gasteiger partial charge in [0.2, 0.25) is 0 Å². The van der Waals surface area contributed by atoms with E-state index in [2.05, 4.69) is 6.92 Å². The van der Waals surface area contributed by atoms with Crippen molar-refractivity contribution in [3.8, 4) is 0 Å². The average Bonchev–Trinajstić information content (AvgIpc) is 2.46. The molecular formula is C15H22N2O. The highest BCUT2D eigenvalue weighted by Crippen LogP contribution is 2.19. The second-order valence-electron chi connectivity index (χ2n) is 4.98. The maximum Gasteiger partial charge on any atom is 0.254 e. The number of nitrogens with two attached hydrogens (primary N) is 1. The van der Waals surface area contributed by atoms with E-state index in [1.807, 2.05) is 29.2 Å². The third-order valence-corrected chi connectivity index (χ3v) is 3.86. The van der Waals surface area contributed by atoms with E-state index in [1.54, 1.807) is 0 Å². The number of aryl methyl sites for hydroxylation is 1. The maximum absolute atomic E-state index is 12.5. The van der Waals surface area contributed by atoms with Gasteiger partial charge in [-0.25, -0.2) is 0 Å². The van der Waals surface area contributed by atoms with Crippen LogP contribution in [0.4, 0.5) is 0 Å². The highest BCUT2D eigenvalue weighted by molar-refractivity contribution is 5.95.